The number of fused-ring (bicyclic) bond motifs is 2. The van der Waals surface area contributed by atoms with Crippen molar-refractivity contribution >= 4 is 28.2 Å². The first kappa shape index (κ1) is 18.8. The van der Waals surface area contributed by atoms with Crippen molar-refractivity contribution in [3.05, 3.63) is 95.5 Å². The Labute approximate surface area is 175 Å². The van der Waals surface area contributed by atoms with Gasteiger partial charge in [0.1, 0.15) is 11.5 Å². The zero-order valence-corrected chi connectivity index (χ0v) is 16.2. The zero-order valence-electron chi connectivity index (χ0n) is 16.2. The lowest BCUT2D eigenvalue weighted by Gasteiger charge is -2.06. The molecule has 0 radical (unpaired) electrons. The molecule has 1 aliphatic carbocycles. The van der Waals surface area contributed by atoms with E-state index < -0.39 is 11.8 Å². The number of hydrogen-bond acceptors (Lipinski definition) is 5. The number of carbonyl (C=O) groups is 1. The molecule has 1 N–H and O–H groups in total. The molecule has 1 aromatic carbocycles. The van der Waals surface area contributed by atoms with Crippen molar-refractivity contribution in [2.45, 2.75) is 12.8 Å². The third-order valence-electron chi connectivity index (χ3n) is 5.08. The van der Waals surface area contributed by atoms with Gasteiger partial charge in [0.15, 0.2) is 0 Å². The van der Waals surface area contributed by atoms with Crippen LogP contribution in [0.25, 0.3) is 22.3 Å². The van der Waals surface area contributed by atoms with Gasteiger partial charge >= 0.3 is 5.97 Å². The molecule has 152 valence electrons. The van der Waals surface area contributed by atoms with Gasteiger partial charge in [0.25, 0.3) is 5.78 Å². The Morgan fingerprint density at radius 2 is 2.00 bits per heavy atom. The zero-order chi connectivity index (χ0) is 21.4. The van der Waals surface area contributed by atoms with Gasteiger partial charge in [-0.2, -0.15) is 5.10 Å². The average molecular weight is 413 g/mol. The molecule has 0 fully saturated rings. The predicted octanol–water partition coefficient (Wildman–Crippen LogP) is 3.91. The monoisotopic (exact) mass is 413 g/mol. The summed E-state index contributed by atoms with van der Waals surface area (Å²) in [5.74, 6) is -1.68. The number of rotatable bonds is 4. The molecule has 7 nitrogen and oxygen atoms in total. The van der Waals surface area contributed by atoms with Crippen LogP contribution in [0.15, 0.2) is 78.6 Å². The van der Waals surface area contributed by atoms with Gasteiger partial charge < -0.3 is 5.11 Å². The Balaban J connectivity index is 1.50. The van der Waals surface area contributed by atoms with Crippen LogP contribution in [0.5, 0.6) is 0 Å². The molecular weight excluding hydrogens is 397 g/mol. The van der Waals surface area contributed by atoms with Crippen molar-refractivity contribution in [2.75, 3.05) is 0 Å². The van der Waals surface area contributed by atoms with E-state index in [4.69, 9.17) is 5.11 Å². The van der Waals surface area contributed by atoms with Crippen LogP contribution < -0.4 is 0 Å². The van der Waals surface area contributed by atoms with Gasteiger partial charge in [-0.3, -0.25) is 4.98 Å². The van der Waals surface area contributed by atoms with Gasteiger partial charge in [0.05, 0.1) is 29.2 Å². The first-order valence-electron chi connectivity index (χ1n) is 9.63. The average Bonchev–Trinajstić information content (AvgIpc) is 3.05. The minimum absolute atomic E-state index is 0.280. The molecule has 0 atom stereocenters. The third kappa shape index (κ3) is 3.59. The fourth-order valence-corrected chi connectivity index (χ4v) is 3.56. The number of imidazole rings is 1. The molecule has 0 aliphatic heterocycles. The number of allylic oxidation sites excluding steroid dienone is 4. The highest BCUT2D eigenvalue weighted by Crippen LogP contribution is 2.25. The standard InChI is InChI=1S/C23H16FN5O2/c24-19-11-16(3-1-5-18(19)22(30)31)21-13-27-23-26-12-17(29(23)28-21)10-14-6-7-20-15(9-14)4-2-8-25-20/h2-9,11-13H,1,10H2,(H,30,31). The van der Waals surface area contributed by atoms with Crippen LogP contribution in [-0.4, -0.2) is 35.6 Å². The Kier molecular flexibility index (Phi) is 4.59. The van der Waals surface area contributed by atoms with E-state index in [2.05, 4.69) is 26.1 Å². The van der Waals surface area contributed by atoms with Gasteiger partial charge in [-0.25, -0.2) is 23.7 Å². The number of carboxylic acids is 1. The van der Waals surface area contributed by atoms with E-state index in [0.717, 1.165) is 22.2 Å². The van der Waals surface area contributed by atoms with Crippen molar-refractivity contribution in [3.63, 3.8) is 0 Å². The highest BCUT2D eigenvalue weighted by molar-refractivity contribution is 5.93. The SMILES string of the molecule is O=C(O)C1=CCC=C(c2cnc3ncc(Cc4ccc5ncccc5c4)n3n2)C=C1F. The molecule has 0 spiro atoms. The molecule has 1 aliphatic rings. The number of hydrogen-bond donors (Lipinski definition) is 1. The molecule has 0 saturated heterocycles. The molecule has 0 amide bonds. The summed E-state index contributed by atoms with van der Waals surface area (Å²) in [6.07, 6.45) is 10.1. The van der Waals surface area contributed by atoms with Crippen molar-refractivity contribution in [1.29, 1.82) is 0 Å². The van der Waals surface area contributed by atoms with Crippen LogP contribution in [0.2, 0.25) is 0 Å². The quantitative estimate of drug-likeness (QED) is 0.545. The third-order valence-corrected chi connectivity index (χ3v) is 5.08. The van der Waals surface area contributed by atoms with Crippen LogP contribution in [0.3, 0.4) is 0 Å². The van der Waals surface area contributed by atoms with E-state index in [9.17, 15) is 9.18 Å². The second kappa shape index (κ2) is 7.56. The normalized spacial score (nSPS) is 14.2. The summed E-state index contributed by atoms with van der Waals surface area (Å²) >= 11 is 0. The molecule has 0 bridgehead atoms. The lowest BCUT2D eigenvalue weighted by atomic mass is 10.1. The van der Waals surface area contributed by atoms with Gasteiger partial charge in [-0.1, -0.05) is 24.3 Å². The van der Waals surface area contributed by atoms with Crippen LogP contribution in [0.1, 0.15) is 23.4 Å². The minimum Gasteiger partial charge on any atom is -0.478 e. The number of pyridine rings is 1. The van der Waals surface area contributed by atoms with Gasteiger partial charge in [-0.05, 0) is 36.3 Å². The van der Waals surface area contributed by atoms with E-state index in [1.807, 2.05) is 24.3 Å². The van der Waals surface area contributed by atoms with Crippen LogP contribution in [-0.2, 0) is 11.2 Å². The molecule has 5 rings (SSSR count). The minimum atomic E-state index is -1.30. The number of carboxylic acid groups (broad SMARTS) is 1. The van der Waals surface area contributed by atoms with Crippen LogP contribution in [0.4, 0.5) is 4.39 Å². The van der Waals surface area contributed by atoms with E-state index in [0.29, 0.717) is 23.5 Å². The number of aromatic nitrogens is 5. The van der Waals surface area contributed by atoms with Gasteiger partial charge in [0, 0.05) is 23.6 Å². The van der Waals surface area contributed by atoms with E-state index >= 15 is 0 Å². The summed E-state index contributed by atoms with van der Waals surface area (Å²) in [5.41, 5.74) is 3.38. The maximum Gasteiger partial charge on any atom is 0.338 e. The molecule has 0 unspecified atom stereocenters. The number of nitrogens with zero attached hydrogens (tertiary/aromatic N) is 5. The summed E-state index contributed by atoms with van der Waals surface area (Å²) in [6.45, 7) is 0. The van der Waals surface area contributed by atoms with Crippen molar-refractivity contribution in [3.8, 4) is 0 Å². The van der Waals surface area contributed by atoms with Crippen molar-refractivity contribution < 1.29 is 14.3 Å². The summed E-state index contributed by atoms with van der Waals surface area (Å²) in [7, 11) is 0. The Bertz CT molecular complexity index is 1430. The summed E-state index contributed by atoms with van der Waals surface area (Å²) < 4.78 is 16.0. The highest BCUT2D eigenvalue weighted by atomic mass is 19.1. The molecule has 3 aromatic heterocycles. The lowest BCUT2D eigenvalue weighted by Crippen LogP contribution is -2.04. The maximum atomic E-state index is 14.3. The molecule has 4 aromatic rings. The topological polar surface area (TPSA) is 93.3 Å². The first-order chi connectivity index (χ1) is 15.1. The second-order valence-electron chi connectivity index (χ2n) is 7.12. The van der Waals surface area contributed by atoms with Crippen LogP contribution in [0, 0.1) is 0 Å². The van der Waals surface area contributed by atoms with E-state index in [-0.39, 0.29) is 12.0 Å². The largest absolute Gasteiger partial charge is 0.478 e. The number of halogens is 1. The Morgan fingerprint density at radius 3 is 2.87 bits per heavy atom. The molecule has 3 heterocycles. The Morgan fingerprint density at radius 1 is 1.13 bits per heavy atom. The van der Waals surface area contributed by atoms with Crippen LogP contribution >= 0.6 is 0 Å². The highest BCUT2D eigenvalue weighted by Gasteiger charge is 2.17. The molecule has 31 heavy (non-hydrogen) atoms. The predicted molar refractivity (Wildman–Crippen MR) is 113 cm³/mol. The molecule has 0 saturated carbocycles. The van der Waals surface area contributed by atoms with Crippen molar-refractivity contribution in [1.82, 2.24) is 24.6 Å². The smallest absolute Gasteiger partial charge is 0.338 e. The van der Waals surface area contributed by atoms with E-state index in [1.54, 1.807) is 23.0 Å². The summed E-state index contributed by atoms with van der Waals surface area (Å²) in [6, 6.07) is 9.97. The molecular formula is C23H16FN5O2. The van der Waals surface area contributed by atoms with Crippen molar-refractivity contribution in [2.24, 2.45) is 0 Å². The Hall–Kier alpha value is -4.20. The fraction of sp³-hybridized carbons (Fsp3) is 0.0870. The number of aliphatic carboxylic acids is 1. The van der Waals surface area contributed by atoms with Gasteiger partial charge in [-0.15, -0.1) is 0 Å². The van der Waals surface area contributed by atoms with Gasteiger partial charge in [0.2, 0.25) is 0 Å². The molecule has 8 heteroatoms. The summed E-state index contributed by atoms with van der Waals surface area (Å²) in [5, 5.41) is 14.8. The fourth-order valence-electron chi connectivity index (χ4n) is 3.56. The lowest BCUT2D eigenvalue weighted by molar-refractivity contribution is -0.132. The number of benzene rings is 1. The van der Waals surface area contributed by atoms with E-state index in [1.165, 1.54) is 18.3 Å². The first-order valence-corrected chi connectivity index (χ1v) is 9.63. The summed E-state index contributed by atoms with van der Waals surface area (Å²) in [4.78, 5) is 24.2. The second-order valence-corrected chi connectivity index (χ2v) is 7.12. The maximum absolute atomic E-state index is 14.3.